The lowest BCUT2D eigenvalue weighted by molar-refractivity contribution is 0.294. The van der Waals surface area contributed by atoms with Gasteiger partial charge in [-0.1, -0.05) is 36.4 Å². The molecule has 1 aromatic heterocycles. The first-order valence-electron chi connectivity index (χ1n) is 7.80. The van der Waals surface area contributed by atoms with E-state index >= 15 is 0 Å². The Hall–Kier alpha value is -2.85. The molecule has 0 aliphatic carbocycles. The highest BCUT2D eigenvalue weighted by atomic mass is 16.5. The number of pyridine rings is 1. The summed E-state index contributed by atoms with van der Waals surface area (Å²) in [5, 5.41) is 0. The topological polar surface area (TPSA) is 57.4 Å². The zero-order valence-electron chi connectivity index (χ0n) is 13.6. The molecule has 122 valence electrons. The fourth-order valence-electron chi connectivity index (χ4n) is 2.49. The average molecular weight is 320 g/mol. The fourth-order valence-corrected chi connectivity index (χ4v) is 2.49. The summed E-state index contributed by atoms with van der Waals surface area (Å²) in [6, 6.07) is 19.8. The Bertz CT molecular complexity index is 786. The summed E-state index contributed by atoms with van der Waals surface area (Å²) in [6.45, 7) is 0.964. The van der Waals surface area contributed by atoms with Crippen molar-refractivity contribution in [1.29, 1.82) is 0 Å². The molecule has 2 N–H and O–H groups in total. The number of hydrogen-bond acceptors (Lipinski definition) is 4. The highest BCUT2D eigenvalue weighted by Gasteiger charge is 2.07. The monoisotopic (exact) mass is 320 g/mol. The van der Waals surface area contributed by atoms with Crippen molar-refractivity contribution in [3.63, 3.8) is 0 Å². The quantitative estimate of drug-likeness (QED) is 0.750. The standard InChI is InChI=1S/C20H20N2O2/c1-23-18-9-7-16(12-21)19(11-18)17-8-10-20(22-13-17)24-14-15-5-3-2-4-6-15/h2-11,13H,12,14,21H2,1H3. The van der Waals surface area contributed by atoms with Gasteiger partial charge < -0.3 is 15.2 Å². The molecular weight excluding hydrogens is 300 g/mol. The van der Waals surface area contributed by atoms with Crippen LogP contribution in [0.3, 0.4) is 0 Å². The van der Waals surface area contributed by atoms with Crippen molar-refractivity contribution in [2.45, 2.75) is 13.2 Å². The number of aromatic nitrogens is 1. The van der Waals surface area contributed by atoms with Gasteiger partial charge in [-0.05, 0) is 34.9 Å². The second-order valence-corrected chi connectivity index (χ2v) is 5.39. The molecule has 0 spiro atoms. The molecule has 0 bridgehead atoms. The molecule has 3 aromatic rings. The lowest BCUT2D eigenvalue weighted by Gasteiger charge is -2.11. The predicted molar refractivity (Wildman–Crippen MR) is 94.9 cm³/mol. The summed E-state index contributed by atoms with van der Waals surface area (Å²) in [4.78, 5) is 4.40. The van der Waals surface area contributed by atoms with Crippen LogP contribution in [0, 0.1) is 0 Å². The van der Waals surface area contributed by atoms with Crippen LogP contribution in [0.25, 0.3) is 11.1 Å². The Morgan fingerprint density at radius 3 is 2.50 bits per heavy atom. The van der Waals surface area contributed by atoms with Gasteiger partial charge in [0.1, 0.15) is 12.4 Å². The van der Waals surface area contributed by atoms with Crippen LogP contribution < -0.4 is 15.2 Å². The number of ether oxygens (including phenoxy) is 2. The minimum atomic E-state index is 0.464. The number of hydrogen-bond donors (Lipinski definition) is 1. The minimum Gasteiger partial charge on any atom is -0.497 e. The fraction of sp³-hybridized carbons (Fsp3) is 0.150. The zero-order chi connectivity index (χ0) is 16.8. The van der Waals surface area contributed by atoms with Gasteiger partial charge in [-0.25, -0.2) is 4.98 Å². The van der Waals surface area contributed by atoms with Gasteiger partial charge in [0.15, 0.2) is 0 Å². The molecular formula is C20H20N2O2. The molecule has 0 fully saturated rings. The van der Waals surface area contributed by atoms with E-state index < -0.39 is 0 Å². The van der Waals surface area contributed by atoms with Gasteiger partial charge in [-0.3, -0.25) is 0 Å². The van der Waals surface area contributed by atoms with Crippen molar-refractivity contribution in [2.24, 2.45) is 5.73 Å². The molecule has 0 aliphatic rings. The van der Waals surface area contributed by atoms with E-state index in [1.807, 2.05) is 60.7 Å². The molecule has 0 saturated heterocycles. The zero-order valence-corrected chi connectivity index (χ0v) is 13.6. The average Bonchev–Trinajstić information content (AvgIpc) is 2.67. The molecule has 0 unspecified atom stereocenters. The number of rotatable bonds is 6. The maximum atomic E-state index is 5.84. The molecule has 3 rings (SSSR count). The van der Waals surface area contributed by atoms with Crippen LogP contribution in [0.1, 0.15) is 11.1 Å². The van der Waals surface area contributed by atoms with Crippen LogP contribution in [-0.4, -0.2) is 12.1 Å². The summed E-state index contributed by atoms with van der Waals surface area (Å²) < 4.78 is 11.0. The summed E-state index contributed by atoms with van der Waals surface area (Å²) >= 11 is 0. The third-order valence-electron chi connectivity index (χ3n) is 3.81. The van der Waals surface area contributed by atoms with Gasteiger partial charge in [-0.15, -0.1) is 0 Å². The molecule has 2 aromatic carbocycles. The number of benzene rings is 2. The summed E-state index contributed by atoms with van der Waals surface area (Å²) in [7, 11) is 1.65. The third-order valence-corrected chi connectivity index (χ3v) is 3.81. The van der Waals surface area contributed by atoms with Gasteiger partial charge in [0.25, 0.3) is 0 Å². The highest BCUT2D eigenvalue weighted by molar-refractivity contribution is 5.68. The smallest absolute Gasteiger partial charge is 0.213 e. The van der Waals surface area contributed by atoms with E-state index in [1.165, 1.54) is 0 Å². The lowest BCUT2D eigenvalue weighted by atomic mass is 10.0. The first-order chi connectivity index (χ1) is 11.8. The number of methoxy groups -OCH3 is 1. The van der Waals surface area contributed by atoms with Crippen LogP contribution in [-0.2, 0) is 13.2 Å². The van der Waals surface area contributed by atoms with Gasteiger partial charge in [0, 0.05) is 24.4 Å². The Labute approximate surface area is 141 Å². The van der Waals surface area contributed by atoms with Crippen molar-refractivity contribution in [3.05, 3.63) is 78.0 Å². The molecule has 4 heteroatoms. The first kappa shape index (κ1) is 16.0. The van der Waals surface area contributed by atoms with Crippen LogP contribution in [0.2, 0.25) is 0 Å². The van der Waals surface area contributed by atoms with Crippen molar-refractivity contribution in [1.82, 2.24) is 4.98 Å². The van der Waals surface area contributed by atoms with Crippen LogP contribution in [0.5, 0.6) is 11.6 Å². The van der Waals surface area contributed by atoms with Gasteiger partial charge in [-0.2, -0.15) is 0 Å². The lowest BCUT2D eigenvalue weighted by Crippen LogP contribution is -2.00. The maximum absolute atomic E-state index is 5.84. The SMILES string of the molecule is COc1ccc(CN)c(-c2ccc(OCc3ccccc3)nc2)c1. The first-order valence-corrected chi connectivity index (χ1v) is 7.80. The molecule has 0 atom stereocenters. The van der Waals surface area contributed by atoms with E-state index in [1.54, 1.807) is 13.3 Å². The van der Waals surface area contributed by atoms with Crippen LogP contribution in [0.4, 0.5) is 0 Å². The summed E-state index contributed by atoms with van der Waals surface area (Å²) in [6.07, 6.45) is 1.80. The Morgan fingerprint density at radius 2 is 1.83 bits per heavy atom. The van der Waals surface area contributed by atoms with Crippen molar-refractivity contribution in [3.8, 4) is 22.8 Å². The van der Waals surface area contributed by atoms with Crippen LogP contribution >= 0.6 is 0 Å². The van der Waals surface area contributed by atoms with Crippen molar-refractivity contribution in [2.75, 3.05) is 7.11 Å². The molecule has 0 radical (unpaired) electrons. The summed E-state index contributed by atoms with van der Waals surface area (Å²) in [5.74, 6) is 1.39. The van der Waals surface area contributed by atoms with E-state index in [0.29, 0.717) is 19.0 Å². The van der Waals surface area contributed by atoms with E-state index in [9.17, 15) is 0 Å². The predicted octanol–water partition coefficient (Wildman–Crippen LogP) is 3.79. The second kappa shape index (κ2) is 7.62. The molecule has 0 aliphatic heterocycles. The molecule has 24 heavy (non-hydrogen) atoms. The van der Waals surface area contributed by atoms with E-state index in [-0.39, 0.29) is 0 Å². The normalized spacial score (nSPS) is 10.4. The third kappa shape index (κ3) is 3.73. The van der Waals surface area contributed by atoms with Crippen molar-refractivity contribution < 1.29 is 9.47 Å². The molecule has 0 amide bonds. The minimum absolute atomic E-state index is 0.464. The van der Waals surface area contributed by atoms with Crippen LogP contribution in [0.15, 0.2) is 66.9 Å². The van der Waals surface area contributed by atoms with Gasteiger partial charge >= 0.3 is 0 Å². The van der Waals surface area contributed by atoms with E-state index in [4.69, 9.17) is 15.2 Å². The van der Waals surface area contributed by atoms with E-state index in [0.717, 1.165) is 28.0 Å². The molecule has 0 saturated carbocycles. The van der Waals surface area contributed by atoms with Gasteiger partial charge in [0.2, 0.25) is 5.88 Å². The van der Waals surface area contributed by atoms with E-state index in [2.05, 4.69) is 4.98 Å². The number of nitrogens with zero attached hydrogens (tertiary/aromatic N) is 1. The molecule has 4 nitrogen and oxygen atoms in total. The second-order valence-electron chi connectivity index (χ2n) is 5.39. The highest BCUT2D eigenvalue weighted by Crippen LogP contribution is 2.28. The largest absolute Gasteiger partial charge is 0.497 e. The summed E-state index contributed by atoms with van der Waals surface area (Å²) in [5.41, 5.74) is 10.0. The molecule has 1 heterocycles. The maximum Gasteiger partial charge on any atom is 0.213 e. The Balaban J connectivity index is 1.77. The van der Waals surface area contributed by atoms with Crippen molar-refractivity contribution >= 4 is 0 Å². The van der Waals surface area contributed by atoms with Gasteiger partial charge in [0.05, 0.1) is 7.11 Å². The number of nitrogens with two attached hydrogens (primary N) is 1. The Morgan fingerprint density at radius 1 is 1.00 bits per heavy atom. The Kier molecular flexibility index (Phi) is 5.08.